The molecule has 0 bridgehead atoms. The summed E-state index contributed by atoms with van der Waals surface area (Å²) in [7, 11) is 1.50. The number of thiazole rings is 1. The van der Waals surface area contributed by atoms with E-state index in [0.29, 0.717) is 54.5 Å². The van der Waals surface area contributed by atoms with Crippen LogP contribution in [0.1, 0.15) is 16.2 Å². The van der Waals surface area contributed by atoms with Crippen LogP contribution in [0.15, 0.2) is 61.3 Å². The number of ether oxygens (including phenoxy) is 1. The first-order valence-corrected chi connectivity index (χ1v) is 14.2. The fraction of sp³-hybridized carbons (Fsp3) is 0.207. The Hall–Kier alpha value is -5.17. The quantitative estimate of drug-likeness (QED) is 0.232. The number of aromatic amines is 1. The van der Waals surface area contributed by atoms with Crippen molar-refractivity contribution in [2.45, 2.75) is 6.92 Å². The van der Waals surface area contributed by atoms with Gasteiger partial charge in [0, 0.05) is 38.6 Å². The highest BCUT2D eigenvalue weighted by Crippen LogP contribution is 2.35. The van der Waals surface area contributed by atoms with E-state index in [1.165, 1.54) is 24.2 Å². The third-order valence-electron chi connectivity index (χ3n) is 7.31. The number of benzene rings is 1. The summed E-state index contributed by atoms with van der Waals surface area (Å²) >= 11 is 1.63. The Labute approximate surface area is 243 Å². The van der Waals surface area contributed by atoms with Crippen LogP contribution >= 0.6 is 11.3 Å². The van der Waals surface area contributed by atoms with Crippen molar-refractivity contribution in [2.24, 2.45) is 0 Å². The lowest BCUT2D eigenvalue weighted by atomic mass is 10.1. The molecule has 0 atom stereocenters. The van der Waals surface area contributed by atoms with Crippen molar-refractivity contribution in [1.82, 2.24) is 39.6 Å². The van der Waals surface area contributed by atoms with E-state index in [4.69, 9.17) is 9.72 Å². The maximum Gasteiger partial charge on any atom is 0.295 e. The summed E-state index contributed by atoms with van der Waals surface area (Å²) in [5, 5.41) is 5.70. The Morgan fingerprint density at radius 3 is 2.60 bits per heavy atom. The Bertz CT molecular complexity index is 1940. The molecule has 1 aliphatic rings. The molecule has 1 aromatic carbocycles. The maximum absolute atomic E-state index is 13.6. The van der Waals surface area contributed by atoms with Crippen LogP contribution in [0.2, 0.25) is 0 Å². The zero-order chi connectivity index (χ0) is 28.8. The van der Waals surface area contributed by atoms with E-state index in [2.05, 4.69) is 36.0 Å². The van der Waals surface area contributed by atoms with Crippen LogP contribution in [0, 0.1) is 6.92 Å². The van der Waals surface area contributed by atoms with E-state index in [-0.39, 0.29) is 5.56 Å². The number of pyridine rings is 2. The van der Waals surface area contributed by atoms with Gasteiger partial charge in [0.25, 0.3) is 11.7 Å². The molecule has 1 aliphatic heterocycles. The number of nitrogens with one attached hydrogen (secondary N) is 1. The fourth-order valence-electron chi connectivity index (χ4n) is 5.24. The molecule has 210 valence electrons. The minimum atomic E-state index is -0.618. The molecule has 7 rings (SSSR count). The second kappa shape index (κ2) is 10.3. The summed E-state index contributed by atoms with van der Waals surface area (Å²) in [5.41, 5.74) is 2.65. The summed E-state index contributed by atoms with van der Waals surface area (Å²) in [6.45, 7) is 3.60. The highest BCUT2D eigenvalue weighted by molar-refractivity contribution is 7.21. The number of carbonyl (C=O) groups excluding carboxylic acids is 2. The number of amides is 1. The fourth-order valence-corrected chi connectivity index (χ4v) is 6.23. The molecule has 1 amide bonds. The number of methoxy groups -OCH3 is 1. The van der Waals surface area contributed by atoms with E-state index in [1.54, 1.807) is 35.7 Å². The number of H-pyrrole nitrogens is 1. The van der Waals surface area contributed by atoms with Crippen LogP contribution in [0.25, 0.3) is 37.5 Å². The molecule has 0 unspecified atom stereocenters. The van der Waals surface area contributed by atoms with Crippen molar-refractivity contribution in [3.05, 3.63) is 72.7 Å². The predicted molar refractivity (Wildman–Crippen MR) is 158 cm³/mol. The Morgan fingerprint density at radius 1 is 1.00 bits per heavy atom. The summed E-state index contributed by atoms with van der Waals surface area (Å²) in [6.07, 6.45) is 6.34. The van der Waals surface area contributed by atoms with Gasteiger partial charge in [0.1, 0.15) is 28.7 Å². The number of piperazine rings is 1. The van der Waals surface area contributed by atoms with E-state index < -0.39 is 11.7 Å². The monoisotopic (exact) mass is 579 g/mol. The molecule has 12 nitrogen and oxygen atoms in total. The van der Waals surface area contributed by atoms with Gasteiger partial charge < -0.3 is 19.5 Å². The molecule has 1 N–H and O–H groups in total. The van der Waals surface area contributed by atoms with Gasteiger partial charge in [0.15, 0.2) is 5.82 Å². The largest absolute Gasteiger partial charge is 0.494 e. The molecule has 5 aromatic heterocycles. The number of para-hydroxylation sites is 1. The number of fused-ring (bicyclic) bond motifs is 2. The molecular weight excluding hydrogens is 554 g/mol. The topological polar surface area (TPSA) is 135 Å². The first kappa shape index (κ1) is 25.8. The van der Waals surface area contributed by atoms with E-state index in [1.807, 2.05) is 30.3 Å². The molecular formula is C29H25N9O3S. The summed E-state index contributed by atoms with van der Waals surface area (Å²) < 4.78 is 8.14. The summed E-state index contributed by atoms with van der Waals surface area (Å²) in [4.78, 5) is 51.9. The smallest absolute Gasteiger partial charge is 0.295 e. The molecule has 0 radical (unpaired) electrons. The Morgan fingerprint density at radius 2 is 1.83 bits per heavy atom. The minimum Gasteiger partial charge on any atom is -0.494 e. The molecule has 0 spiro atoms. The van der Waals surface area contributed by atoms with Crippen LogP contribution in [-0.4, -0.2) is 84.6 Å². The van der Waals surface area contributed by atoms with Crippen molar-refractivity contribution in [2.75, 3.05) is 38.2 Å². The van der Waals surface area contributed by atoms with Gasteiger partial charge in [-0.2, -0.15) is 5.10 Å². The molecule has 1 saturated heterocycles. The van der Waals surface area contributed by atoms with Gasteiger partial charge in [0.05, 0.1) is 45.6 Å². The number of aromatic nitrogens is 7. The van der Waals surface area contributed by atoms with Gasteiger partial charge in [-0.1, -0.05) is 12.1 Å². The van der Waals surface area contributed by atoms with Crippen molar-refractivity contribution >= 4 is 50.0 Å². The second-order valence-corrected chi connectivity index (χ2v) is 10.8. The lowest BCUT2D eigenvalue weighted by Gasteiger charge is -2.35. The van der Waals surface area contributed by atoms with E-state index in [0.717, 1.165) is 26.6 Å². The zero-order valence-corrected chi connectivity index (χ0v) is 23.6. The van der Waals surface area contributed by atoms with Gasteiger partial charge in [-0.3, -0.25) is 9.59 Å². The molecule has 6 aromatic rings. The normalized spacial score (nSPS) is 13.7. The van der Waals surface area contributed by atoms with Crippen molar-refractivity contribution in [1.29, 1.82) is 0 Å². The molecule has 1 fully saturated rings. The van der Waals surface area contributed by atoms with Crippen molar-refractivity contribution < 1.29 is 14.3 Å². The predicted octanol–water partition coefficient (Wildman–Crippen LogP) is 3.66. The lowest BCUT2D eigenvalue weighted by molar-refractivity contribution is -0.126. The van der Waals surface area contributed by atoms with E-state index in [9.17, 15) is 9.59 Å². The second-order valence-electron chi connectivity index (χ2n) is 9.81. The Balaban J connectivity index is 1.12. The van der Waals surface area contributed by atoms with Crippen LogP contribution in [0.5, 0.6) is 5.75 Å². The van der Waals surface area contributed by atoms with Gasteiger partial charge in [-0.05, 0) is 31.2 Å². The van der Waals surface area contributed by atoms with E-state index >= 15 is 0 Å². The lowest BCUT2D eigenvalue weighted by Crippen LogP contribution is -2.51. The number of rotatable bonds is 6. The molecule has 42 heavy (non-hydrogen) atoms. The van der Waals surface area contributed by atoms with Crippen LogP contribution < -0.4 is 9.64 Å². The van der Waals surface area contributed by atoms with Crippen molar-refractivity contribution in [3.8, 4) is 22.1 Å². The maximum atomic E-state index is 13.6. The van der Waals surface area contributed by atoms with Gasteiger partial charge in [0.2, 0.25) is 0 Å². The number of hydrogen-bond donors (Lipinski definition) is 1. The van der Waals surface area contributed by atoms with Gasteiger partial charge in [-0.15, -0.1) is 11.3 Å². The first-order valence-electron chi connectivity index (χ1n) is 13.3. The van der Waals surface area contributed by atoms with Crippen molar-refractivity contribution in [3.63, 3.8) is 0 Å². The number of aryl methyl sites for hydroxylation is 1. The van der Waals surface area contributed by atoms with Crippen LogP contribution in [0.4, 0.5) is 5.82 Å². The summed E-state index contributed by atoms with van der Waals surface area (Å²) in [6, 6.07) is 12.0. The number of nitrogens with zero attached hydrogens (tertiary/aromatic N) is 8. The number of hydrogen-bond acceptors (Lipinski definition) is 10. The van der Waals surface area contributed by atoms with Gasteiger partial charge in [-0.25, -0.2) is 24.6 Å². The van der Waals surface area contributed by atoms with Gasteiger partial charge >= 0.3 is 0 Å². The standard InChI is InChI=1S/C29H25N9O3S/c1-17-33-16-38(35-17)27-24-23(21(41-2)15-32-27)19(14-31-24)25(39)29(40)37-12-10-36(11-13-37)26-18(6-5-9-30-26)28-34-20-7-3-4-8-22(20)42-28/h3-9,14-16,31H,10-13H2,1-2H3. The average Bonchev–Trinajstić information content (AvgIpc) is 3.78. The highest BCUT2D eigenvalue weighted by Gasteiger charge is 2.31. The molecule has 0 saturated carbocycles. The average molecular weight is 580 g/mol. The number of ketones is 1. The third kappa shape index (κ3) is 4.34. The molecule has 0 aliphatic carbocycles. The zero-order valence-electron chi connectivity index (χ0n) is 22.8. The molecule has 6 heterocycles. The number of anilines is 1. The SMILES string of the molecule is COc1cnc(-n2cnc(C)n2)c2[nH]cc(C(=O)C(=O)N3CCN(c4ncccc4-c4nc5ccccc5s4)CC3)c12. The highest BCUT2D eigenvalue weighted by atomic mass is 32.1. The Kier molecular flexibility index (Phi) is 6.35. The molecule has 13 heteroatoms. The third-order valence-corrected chi connectivity index (χ3v) is 8.38. The first-order chi connectivity index (χ1) is 20.5. The van der Waals surface area contributed by atoms with Crippen LogP contribution in [-0.2, 0) is 4.79 Å². The minimum absolute atomic E-state index is 0.220. The summed E-state index contributed by atoms with van der Waals surface area (Å²) in [5.74, 6) is 1.04. The number of Topliss-reactive ketones (excluding diaryl/α,β-unsaturated/α-hetero) is 1. The number of carbonyl (C=O) groups is 2. The van der Waals surface area contributed by atoms with Crippen LogP contribution in [0.3, 0.4) is 0 Å².